The fraction of sp³-hybridized carbons (Fsp3) is 0.333. The molecule has 5 heteroatoms. The van der Waals surface area contributed by atoms with Gasteiger partial charge in [0.1, 0.15) is 18.8 Å². The van der Waals surface area contributed by atoms with Gasteiger partial charge in [-0.3, -0.25) is 9.69 Å². The minimum Gasteiger partial charge on any atom is -0.497 e. The number of aromatic nitrogens is 1. The maximum absolute atomic E-state index is 12.4. The number of H-pyrrole nitrogens is 1. The predicted molar refractivity (Wildman–Crippen MR) is 88.5 cm³/mol. The van der Waals surface area contributed by atoms with Crippen LogP contribution < -0.4 is 14.6 Å². The van der Waals surface area contributed by atoms with Crippen molar-refractivity contribution in [3.05, 3.63) is 54.2 Å². The first-order chi connectivity index (χ1) is 11.3. The molecule has 1 fully saturated rings. The topological polar surface area (TPSA) is 46.9 Å². The molecule has 1 amide bonds. The summed E-state index contributed by atoms with van der Waals surface area (Å²) in [7, 11) is 1.64. The zero-order valence-corrected chi connectivity index (χ0v) is 13.4. The van der Waals surface area contributed by atoms with Crippen molar-refractivity contribution in [3.63, 3.8) is 0 Å². The lowest BCUT2D eigenvalue weighted by molar-refractivity contribution is -0.364. The van der Waals surface area contributed by atoms with Crippen molar-refractivity contribution in [1.29, 1.82) is 0 Å². The van der Waals surface area contributed by atoms with Gasteiger partial charge in [0.25, 0.3) is 5.82 Å². The fourth-order valence-electron chi connectivity index (χ4n) is 2.81. The number of hydrogen-bond acceptors (Lipinski definition) is 3. The van der Waals surface area contributed by atoms with E-state index in [0.29, 0.717) is 6.42 Å². The third kappa shape index (κ3) is 3.80. The Morgan fingerprint density at radius 3 is 2.43 bits per heavy atom. The second-order valence-electron chi connectivity index (χ2n) is 5.64. The number of carbonyl (C=O) groups excluding carboxylic acids is 1. The van der Waals surface area contributed by atoms with Crippen molar-refractivity contribution in [2.24, 2.45) is 0 Å². The number of rotatable bonds is 4. The Hall–Kier alpha value is -2.56. The van der Waals surface area contributed by atoms with Crippen LogP contribution in [0.1, 0.15) is 5.56 Å². The van der Waals surface area contributed by atoms with Crippen LogP contribution in [-0.2, 0) is 11.2 Å². The Morgan fingerprint density at radius 1 is 1.09 bits per heavy atom. The van der Waals surface area contributed by atoms with E-state index in [1.54, 1.807) is 7.11 Å². The van der Waals surface area contributed by atoms with Gasteiger partial charge in [-0.25, -0.2) is 4.98 Å². The number of pyridine rings is 1. The Kier molecular flexibility index (Phi) is 4.76. The van der Waals surface area contributed by atoms with Crippen LogP contribution in [0.5, 0.6) is 5.75 Å². The van der Waals surface area contributed by atoms with Gasteiger partial charge in [0.2, 0.25) is 5.91 Å². The molecule has 120 valence electrons. The summed E-state index contributed by atoms with van der Waals surface area (Å²) in [6.07, 6.45) is 2.37. The van der Waals surface area contributed by atoms with E-state index < -0.39 is 0 Å². The van der Waals surface area contributed by atoms with Gasteiger partial charge in [-0.1, -0.05) is 18.2 Å². The zero-order valence-electron chi connectivity index (χ0n) is 13.4. The van der Waals surface area contributed by atoms with Crippen molar-refractivity contribution in [3.8, 4) is 5.75 Å². The van der Waals surface area contributed by atoms with E-state index >= 15 is 0 Å². The molecule has 1 N–H and O–H groups in total. The van der Waals surface area contributed by atoms with Crippen LogP contribution in [0.3, 0.4) is 0 Å². The molecule has 1 aromatic carbocycles. The number of benzene rings is 1. The number of ether oxygens (including phenoxy) is 1. The van der Waals surface area contributed by atoms with E-state index in [9.17, 15) is 4.79 Å². The highest BCUT2D eigenvalue weighted by Gasteiger charge is 2.25. The van der Waals surface area contributed by atoms with E-state index in [-0.39, 0.29) is 5.91 Å². The van der Waals surface area contributed by atoms with E-state index in [2.05, 4.69) is 16.0 Å². The maximum atomic E-state index is 12.4. The third-order valence-corrected chi connectivity index (χ3v) is 4.18. The SMILES string of the molecule is COc1ccc(CC(=O)N2CCN(c3cccc[nH+]3)CC2)cc1. The number of nitrogens with zero attached hydrogens (tertiary/aromatic N) is 2. The van der Waals surface area contributed by atoms with E-state index in [1.165, 1.54) is 0 Å². The molecule has 1 aromatic heterocycles. The summed E-state index contributed by atoms with van der Waals surface area (Å²) in [5, 5.41) is 0. The summed E-state index contributed by atoms with van der Waals surface area (Å²) in [6.45, 7) is 3.24. The summed E-state index contributed by atoms with van der Waals surface area (Å²) in [5.41, 5.74) is 1.02. The van der Waals surface area contributed by atoms with Crippen LogP contribution in [0.15, 0.2) is 48.7 Å². The van der Waals surface area contributed by atoms with Crippen LogP contribution >= 0.6 is 0 Å². The molecule has 2 aromatic rings. The first kappa shape index (κ1) is 15.3. The van der Waals surface area contributed by atoms with Gasteiger partial charge >= 0.3 is 0 Å². The van der Waals surface area contributed by atoms with E-state index in [4.69, 9.17) is 4.74 Å². The highest BCUT2D eigenvalue weighted by molar-refractivity contribution is 5.79. The number of carbonyl (C=O) groups is 1. The van der Waals surface area contributed by atoms with Gasteiger partial charge in [0, 0.05) is 6.07 Å². The Bertz CT molecular complexity index is 635. The summed E-state index contributed by atoms with van der Waals surface area (Å²) in [5.74, 6) is 2.11. The molecule has 0 unspecified atom stereocenters. The number of piperazine rings is 1. The molecule has 0 saturated carbocycles. The Labute approximate surface area is 136 Å². The van der Waals surface area contributed by atoms with Crippen LogP contribution in [-0.4, -0.2) is 44.1 Å². The lowest BCUT2D eigenvalue weighted by Gasteiger charge is -2.31. The summed E-state index contributed by atoms with van der Waals surface area (Å²) in [4.78, 5) is 19.9. The van der Waals surface area contributed by atoms with E-state index in [0.717, 1.165) is 43.3 Å². The summed E-state index contributed by atoms with van der Waals surface area (Å²) in [6, 6.07) is 13.7. The molecule has 1 saturated heterocycles. The summed E-state index contributed by atoms with van der Waals surface area (Å²) >= 11 is 0. The highest BCUT2D eigenvalue weighted by atomic mass is 16.5. The molecule has 1 aliphatic heterocycles. The van der Waals surface area contributed by atoms with Gasteiger partial charge in [-0.05, 0) is 23.8 Å². The smallest absolute Gasteiger partial charge is 0.274 e. The minimum absolute atomic E-state index is 0.187. The maximum Gasteiger partial charge on any atom is 0.274 e. The molecule has 0 spiro atoms. The van der Waals surface area contributed by atoms with Gasteiger partial charge in [0.05, 0.1) is 32.8 Å². The second-order valence-corrected chi connectivity index (χ2v) is 5.64. The highest BCUT2D eigenvalue weighted by Crippen LogP contribution is 2.14. The summed E-state index contributed by atoms with van der Waals surface area (Å²) < 4.78 is 5.14. The molecule has 3 rings (SSSR count). The molecular formula is C18H22N3O2+. The standard InChI is InChI=1S/C18H21N3O2/c1-23-16-7-5-15(6-8-16)14-18(22)21-12-10-20(11-13-21)17-4-2-3-9-19-17/h2-9H,10-14H2,1H3/p+1. The van der Waals surface area contributed by atoms with E-state index in [1.807, 2.05) is 47.5 Å². The third-order valence-electron chi connectivity index (χ3n) is 4.18. The Morgan fingerprint density at radius 2 is 1.83 bits per heavy atom. The van der Waals surface area contributed by atoms with Gasteiger partial charge < -0.3 is 9.64 Å². The molecular weight excluding hydrogens is 290 g/mol. The van der Waals surface area contributed by atoms with Crippen molar-refractivity contribution in [2.75, 3.05) is 38.2 Å². The number of methoxy groups -OCH3 is 1. The normalized spacial score (nSPS) is 14.7. The second kappa shape index (κ2) is 7.13. The van der Waals surface area contributed by atoms with Crippen LogP contribution in [0, 0.1) is 0 Å². The van der Waals surface area contributed by atoms with Crippen molar-refractivity contribution in [1.82, 2.24) is 4.90 Å². The number of aromatic amines is 1. The van der Waals surface area contributed by atoms with Crippen LogP contribution in [0.25, 0.3) is 0 Å². The minimum atomic E-state index is 0.187. The average Bonchev–Trinajstić information content (AvgIpc) is 2.63. The van der Waals surface area contributed by atoms with Gasteiger partial charge in [0.15, 0.2) is 0 Å². The number of anilines is 1. The molecule has 0 radical (unpaired) electrons. The predicted octanol–water partition coefficient (Wildman–Crippen LogP) is 1.40. The first-order valence-corrected chi connectivity index (χ1v) is 7.88. The molecule has 2 heterocycles. The largest absolute Gasteiger partial charge is 0.497 e. The average molecular weight is 312 g/mol. The van der Waals surface area contributed by atoms with Crippen LogP contribution in [0.2, 0.25) is 0 Å². The molecule has 0 atom stereocenters. The first-order valence-electron chi connectivity index (χ1n) is 7.88. The number of hydrogen-bond donors (Lipinski definition) is 0. The quantitative estimate of drug-likeness (QED) is 0.857. The molecule has 0 bridgehead atoms. The molecule has 5 nitrogen and oxygen atoms in total. The molecule has 23 heavy (non-hydrogen) atoms. The Balaban J connectivity index is 1.53. The number of amides is 1. The van der Waals surface area contributed by atoms with Gasteiger partial charge in [-0.15, -0.1) is 0 Å². The number of nitrogens with one attached hydrogen (secondary N) is 1. The lowest BCUT2D eigenvalue weighted by Crippen LogP contribution is -2.50. The van der Waals surface area contributed by atoms with Crippen LogP contribution in [0.4, 0.5) is 5.82 Å². The van der Waals surface area contributed by atoms with Crippen molar-refractivity contribution >= 4 is 11.7 Å². The lowest BCUT2D eigenvalue weighted by atomic mass is 10.1. The van der Waals surface area contributed by atoms with Crippen molar-refractivity contribution < 1.29 is 14.5 Å². The molecule has 1 aliphatic rings. The van der Waals surface area contributed by atoms with Gasteiger partial charge in [-0.2, -0.15) is 0 Å². The molecule has 0 aliphatic carbocycles. The van der Waals surface area contributed by atoms with Crippen molar-refractivity contribution in [2.45, 2.75) is 6.42 Å². The zero-order chi connectivity index (χ0) is 16.1. The monoisotopic (exact) mass is 312 g/mol. The fourth-order valence-corrected chi connectivity index (χ4v) is 2.81.